The predicted octanol–water partition coefficient (Wildman–Crippen LogP) is -0.160. The summed E-state index contributed by atoms with van der Waals surface area (Å²) in [4.78, 5) is 10.0. The molecule has 1 atom stereocenters. The van der Waals surface area contributed by atoms with Crippen LogP contribution in [-0.2, 0) is 9.53 Å². The molecule has 1 heterocycles. The Morgan fingerprint density at radius 2 is 2.55 bits per heavy atom. The number of aliphatic carboxylic acids is 1. The predicted molar refractivity (Wildman–Crippen MR) is 39.5 cm³/mol. The molecule has 11 heavy (non-hydrogen) atoms. The molecule has 4 heteroatoms. The van der Waals surface area contributed by atoms with Crippen LogP contribution in [0.15, 0.2) is 0 Å². The number of carbonyl (C=O) groups is 1. The number of ether oxygens (including phenoxy) is 1. The zero-order valence-corrected chi connectivity index (χ0v) is 6.38. The molecule has 4 nitrogen and oxygen atoms in total. The Hall–Kier alpha value is -0.610. The van der Waals surface area contributed by atoms with Crippen molar-refractivity contribution in [3.63, 3.8) is 0 Å². The second kappa shape index (κ2) is 4.31. The molecule has 0 aliphatic carbocycles. The standard InChI is InChI=1S/C7H13NO3/c9-7(10)5-11-4-6-2-1-3-8-6/h6,8H,1-5H2,(H,9,10). The molecule has 0 aromatic carbocycles. The fraction of sp³-hybridized carbons (Fsp3) is 0.857. The molecular formula is C7H13NO3. The molecular weight excluding hydrogens is 146 g/mol. The first-order chi connectivity index (χ1) is 5.29. The summed E-state index contributed by atoms with van der Waals surface area (Å²) in [7, 11) is 0. The van der Waals surface area contributed by atoms with Crippen LogP contribution in [0.4, 0.5) is 0 Å². The van der Waals surface area contributed by atoms with E-state index in [1.807, 2.05) is 0 Å². The molecule has 1 unspecified atom stereocenters. The van der Waals surface area contributed by atoms with Crippen LogP contribution in [0.5, 0.6) is 0 Å². The highest BCUT2D eigenvalue weighted by molar-refractivity contribution is 5.67. The number of nitrogens with one attached hydrogen (secondary N) is 1. The summed E-state index contributed by atoms with van der Waals surface area (Å²) in [6.45, 7) is 1.37. The molecule has 0 spiro atoms. The van der Waals surface area contributed by atoms with E-state index in [0.717, 1.165) is 13.0 Å². The first kappa shape index (κ1) is 8.49. The van der Waals surface area contributed by atoms with Crippen LogP contribution in [0, 0.1) is 0 Å². The number of carboxylic acids is 1. The van der Waals surface area contributed by atoms with Crippen LogP contribution in [0.3, 0.4) is 0 Å². The summed E-state index contributed by atoms with van der Waals surface area (Å²) in [5.74, 6) is -0.900. The smallest absolute Gasteiger partial charge is 0.329 e. The maximum absolute atomic E-state index is 10.0. The van der Waals surface area contributed by atoms with E-state index >= 15 is 0 Å². The first-order valence-electron chi connectivity index (χ1n) is 3.82. The van der Waals surface area contributed by atoms with Gasteiger partial charge in [0.05, 0.1) is 6.61 Å². The van der Waals surface area contributed by atoms with Gasteiger partial charge in [-0.3, -0.25) is 0 Å². The fourth-order valence-electron chi connectivity index (χ4n) is 1.19. The minimum atomic E-state index is -0.900. The van der Waals surface area contributed by atoms with Crippen molar-refractivity contribution in [2.24, 2.45) is 0 Å². The van der Waals surface area contributed by atoms with Crippen LogP contribution in [0.1, 0.15) is 12.8 Å². The molecule has 0 amide bonds. The van der Waals surface area contributed by atoms with Gasteiger partial charge in [-0.05, 0) is 19.4 Å². The van der Waals surface area contributed by atoms with Gasteiger partial charge in [0.2, 0.25) is 0 Å². The maximum atomic E-state index is 10.0. The lowest BCUT2D eigenvalue weighted by molar-refractivity contribution is -0.142. The van der Waals surface area contributed by atoms with Gasteiger partial charge in [0.1, 0.15) is 6.61 Å². The summed E-state index contributed by atoms with van der Waals surface area (Å²) in [5.41, 5.74) is 0. The fourth-order valence-corrected chi connectivity index (χ4v) is 1.19. The zero-order chi connectivity index (χ0) is 8.10. The van der Waals surface area contributed by atoms with Crippen LogP contribution < -0.4 is 5.32 Å². The molecule has 1 rings (SSSR count). The van der Waals surface area contributed by atoms with Crippen LogP contribution in [-0.4, -0.2) is 36.9 Å². The summed E-state index contributed by atoms with van der Waals surface area (Å²) < 4.78 is 4.92. The molecule has 0 radical (unpaired) electrons. The number of carboxylic acid groups (broad SMARTS) is 1. The zero-order valence-electron chi connectivity index (χ0n) is 6.38. The van der Waals surface area contributed by atoms with Gasteiger partial charge in [0.25, 0.3) is 0 Å². The van der Waals surface area contributed by atoms with Crippen LogP contribution >= 0.6 is 0 Å². The first-order valence-corrected chi connectivity index (χ1v) is 3.82. The van der Waals surface area contributed by atoms with E-state index in [0.29, 0.717) is 12.6 Å². The van der Waals surface area contributed by atoms with E-state index < -0.39 is 5.97 Å². The lowest BCUT2D eigenvalue weighted by atomic mass is 10.2. The van der Waals surface area contributed by atoms with Gasteiger partial charge in [-0.1, -0.05) is 0 Å². The third kappa shape index (κ3) is 3.34. The molecule has 1 aliphatic rings. The second-order valence-electron chi connectivity index (χ2n) is 2.70. The summed E-state index contributed by atoms with van der Waals surface area (Å²) in [5, 5.41) is 11.5. The van der Waals surface area contributed by atoms with Crippen molar-refractivity contribution >= 4 is 5.97 Å². The molecule has 0 bridgehead atoms. The monoisotopic (exact) mass is 159 g/mol. The minimum absolute atomic E-state index is 0.182. The molecule has 0 aromatic heterocycles. The van der Waals surface area contributed by atoms with Gasteiger partial charge in [0.15, 0.2) is 0 Å². The lowest BCUT2D eigenvalue weighted by Crippen LogP contribution is -2.27. The average molecular weight is 159 g/mol. The van der Waals surface area contributed by atoms with E-state index in [2.05, 4.69) is 5.32 Å². The summed E-state index contributed by atoms with van der Waals surface area (Å²) in [6, 6.07) is 0.370. The van der Waals surface area contributed by atoms with E-state index in [1.165, 1.54) is 6.42 Å². The molecule has 64 valence electrons. The highest BCUT2D eigenvalue weighted by Crippen LogP contribution is 2.04. The molecule has 2 N–H and O–H groups in total. The van der Waals surface area contributed by atoms with Gasteiger partial charge in [-0.25, -0.2) is 4.79 Å². The third-order valence-electron chi connectivity index (χ3n) is 1.71. The molecule has 0 aromatic rings. The van der Waals surface area contributed by atoms with Gasteiger partial charge < -0.3 is 15.2 Å². The van der Waals surface area contributed by atoms with Crippen molar-refractivity contribution in [1.82, 2.24) is 5.32 Å². The normalized spacial score (nSPS) is 23.8. The Labute approximate surface area is 65.5 Å². The van der Waals surface area contributed by atoms with Crippen LogP contribution in [0.25, 0.3) is 0 Å². The van der Waals surface area contributed by atoms with Gasteiger partial charge in [-0.2, -0.15) is 0 Å². The minimum Gasteiger partial charge on any atom is -0.480 e. The Kier molecular flexibility index (Phi) is 3.32. The Morgan fingerprint density at radius 3 is 3.09 bits per heavy atom. The van der Waals surface area contributed by atoms with Gasteiger partial charge >= 0.3 is 5.97 Å². The Balaban J connectivity index is 1.98. The van der Waals surface area contributed by atoms with Crippen molar-refractivity contribution in [1.29, 1.82) is 0 Å². The molecule has 1 saturated heterocycles. The highest BCUT2D eigenvalue weighted by atomic mass is 16.5. The topological polar surface area (TPSA) is 58.6 Å². The summed E-state index contributed by atoms with van der Waals surface area (Å²) in [6.07, 6.45) is 2.26. The third-order valence-corrected chi connectivity index (χ3v) is 1.71. The number of rotatable bonds is 4. The van der Waals surface area contributed by atoms with E-state index in [9.17, 15) is 4.79 Å². The Morgan fingerprint density at radius 1 is 1.73 bits per heavy atom. The highest BCUT2D eigenvalue weighted by Gasteiger charge is 2.13. The van der Waals surface area contributed by atoms with Crippen molar-refractivity contribution < 1.29 is 14.6 Å². The van der Waals surface area contributed by atoms with Gasteiger partial charge in [0, 0.05) is 6.04 Å². The van der Waals surface area contributed by atoms with Gasteiger partial charge in [-0.15, -0.1) is 0 Å². The Bertz CT molecular complexity index is 132. The summed E-state index contributed by atoms with van der Waals surface area (Å²) >= 11 is 0. The largest absolute Gasteiger partial charge is 0.480 e. The number of hydrogen-bond acceptors (Lipinski definition) is 3. The maximum Gasteiger partial charge on any atom is 0.329 e. The quantitative estimate of drug-likeness (QED) is 0.598. The molecule has 0 saturated carbocycles. The number of hydrogen-bond donors (Lipinski definition) is 2. The van der Waals surface area contributed by atoms with Crippen molar-refractivity contribution in [3.8, 4) is 0 Å². The average Bonchev–Trinajstić information content (AvgIpc) is 2.39. The van der Waals surface area contributed by atoms with Crippen LogP contribution in [0.2, 0.25) is 0 Å². The molecule has 1 aliphatic heterocycles. The van der Waals surface area contributed by atoms with E-state index in [-0.39, 0.29) is 6.61 Å². The van der Waals surface area contributed by atoms with Crippen molar-refractivity contribution in [2.75, 3.05) is 19.8 Å². The SMILES string of the molecule is O=C(O)COCC1CCCN1. The van der Waals surface area contributed by atoms with E-state index in [1.54, 1.807) is 0 Å². The van der Waals surface area contributed by atoms with Crippen molar-refractivity contribution in [2.45, 2.75) is 18.9 Å². The van der Waals surface area contributed by atoms with Crippen molar-refractivity contribution in [3.05, 3.63) is 0 Å². The second-order valence-corrected chi connectivity index (χ2v) is 2.70. The van der Waals surface area contributed by atoms with E-state index in [4.69, 9.17) is 9.84 Å². The molecule has 1 fully saturated rings. The lowest BCUT2D eigenvalue weighted by Gasteiger charge is -2.08.